The molecule has 2 aliphatic rings. The number of hydrogen-bond donors (Lipinski definition) is 0. The lowest BCUT2D eigenvalue weighted by Gasteiger charge is -2.48. The van der Waals surface area contributed by atoms with Crippen LogP contribution in [0.2, 0.25) is 0 Å². The van der Waals surface area contributed by atoms with E-state index in [1.165, 1.54) is 17.4 Å². The lowest BCUT2D eigenvalue weighted by molar-refractivity contribution is 0.00854. The van der Waals surface area contributed by atoms with Crippen molar-refractivity contribution in [3.8, 4) is 0 Å². The van der Waals surface area contributed by atoms with Gasteiger partial charge >= 0.3 is 0 Å². The molecule has 2 aliphatic heterocycles. The molecule has 4 aromatic rings. The van der Waals surface area contributed by atoms with Gasteiger partial charge < -0.3 is 14.4 Å². The highest BCUT2D eigenvalue weighted by molar-refractivity contribution is 7.11. The van der Waals surface area contributed by atoms with E-state index in [1.54, 1.807) is 18.3 Å². The highest BCUT2D eigenvalue weighted by atomic mass is 32.1. The van der Waals surface area contributed by atoms with Gasteiger partial charge in [0, 0.05) is 86.6 Å². The summed E-state index contributed by atoms with van der Waals surface area (Å²) >= 11 is 1.38. The van der Waals surface area contributed by atoms with Gasteiger partial charge in [-0.05, 0) is 41.8 Å². The molecule has 0 radical (unpaired) electrons. The van der Waals surface area contributed by atoms with Crippen molar-refractivity contribution in [1.82, 2.24) is 24.3 Å². The summed E-state index contributed by atoms with van der Waals surface area (Å²) in [5.41, 5.74) is 3.71. The monoisotopic (exact) mass is 517 g/mol. The van der Waals surface area contributed by atoms with Gasteiger partial charge in [0.2, 0.25) is 0 Å². The van der Waals surface area contributed by atoms with Gasteiger partial charge in [-0.3, -0.25) is 14.5 Å². The van der Waals surface area contributed by atoms with Crippen LogP contribution in [0.5, 0.6) is 0 Å². The van der Waals surface area contributed by atoms with Gasteiger partial charge in [0.1, 0.15) is 5.82 Å². The van der Waals surface area contributed by atoms with E-state index in [2.05, 4.69) is 16.1 Å². The van der Waals surface area contributed by atoms with Gasteiger partial charge in [-0.1, -0.05) is 18.2 Å². The number of halogens is 1. The standard InChI is InChI=1S/C28H28FN5O2S/c1-31-16-21(13-19-3-2-4-22(29)14-19)24-6-5-20(15-25(24)31)27(35)34-17-23(18-34)32-8-10-33(11-9-32)28(36)26-30-7-12-37-26/h2-7,12,14-16,23H,8-11,13,17-18H2,1H3. The van der Waals surface area contributed by atoms with Gasteiger partial charge in [-0.15, -0.1) is 11.3 Å². The molecule has 0 atom stereocenters. The average Bonchev–Trinajstić information content (AvgIpc) is 3.52. The van der Waals surface area contributed by atoms with E-state index >= 15 is 0 Å². The first-order chi connectivity index (χ1) is 18.0. The molecule has 0 bridgehead atoms. The Kier molecular flexibility index (Phi) is 6.26. The van der Waals surface area contributed by atoms with Crippen molar-refractivity contribution in [3.63, 3.8) is 0 Å². The van der Waals surface area contributed by atoms with Gasteiger partial charge in [0.05, 0.1) is 0 Å². The van der Waals surface area contributed by atoms with Crippen LogP contribution in [0.3, 0.4) is 0 Å². The SMILES string of the molecule is Cn1cc(Cc2cccc(F)c2)c2ccc(C(=O)N3CC(N4CCN(C(=O)c5nccs5)CC4)C3)cc21. The topological polar surface area (TPSA) is 61.7 Å². The van der Waals surface area contributed by atoms with Crippen LogP contribution in [0.25, 0.3) is 10.9 Å². The predicted octanol–water partition coefficient (Wildman–Crippen LogP) is 3.65. The number of nitrogens with zero attached hydrogens (tertiary/aromatic N) is 5. The molecule has 2 aromatic carbocycles. The zero-order valence-electron chi connectivity index (χ0n) is 20.6. The van der Waals surface area contributed by atoms with Gasteiger partial charge in [-0.25, -0.2) is 9.37 Å². The van der Waals surface area contributed by atoms with Crippen LogP contribution >= 0.6 is 11.3 Å². The van der Waals surface area contributed by atoms with Crippen LogP contribution in [-0.2, 0) is 13.5 Å². The number of fused-ring (bicyclic) bond motifs is 1. The van der Waals surface area contributed by atoms with Crippen molar-refractivity contribution in [2.24, 2.45) is 7.05 Å². The van der Waals surface area contributed by atoms with Crippen molar-refractivity contribution in [2.45, 2.75) is 12.5 Å². The lowest BCUT2D eigenvalue weighted by atomic mass is 10.0. The van der Waals surface area contributed by atoms with Gasteiger partial charge in [0.15, 0.2) is 5.01 Å². The van der Waals surface area contributed by atoms with Crippen molar-refractivity contribution < 1.29 is 14.0 Å². The second-order valence-electron chi connectivity index (χ2n) is 9.83. The smallest absolute Gasteiger partial charge is 0.282 e. The molecule has 9 heteroatoms. The van der Waals surface area contributed by atoms with Crippen LogP contribution < -0.4 is 0 Å². The fraction of sp³-hybridized carbons (Fsp3) is 0.321. The molecule has 2 fully saturated rings. The Morgan fingerprint density at radius 3 is 2.57 bits per heavy atom. The molecule has 2 aromatic heterocycles. The summed E-state index contributed by atoms with van der Waals surface area (Å²) in [5, 5.41) is 3.45. The van der Waals surface area contributed by atoms with E-state index in [1.807, 2.05) is 51.1 Å². The zero-order valence-corrected chi connectivity index (χ0v) is 21.5. The number of carbonyl (C=O) groups excluding carboxylic acids is 2. The Bertz CT molecular complexity index is 1450. The summed E-state index contributed by atoms with van der Waals surface area (Å²) in [6, 6.07) is 12.9. The maximum absolute atomic E-state index is 13.6. The molecule has 2 amide bonds. The van der Waals surface area contributed by atoms with E-state index in [9.17, 15) is 14.0 Å². The fourth-order valence-electron chi connectivity index (χ4n) is 5.40. The number of likely N-dealkylation sites (tertiary alicyclic amines) is 1. The van der Waals surface area contributed by atoms with Gasteiger partial charge in [0.25, 0.3) is 11.8 Å². The molecule has 190 valence electrons. The molecule has 0 spiro atoms. The Labute approximate surface area is 218 Å². The highest BCUT2D eigenvalue weighted by Gasteiger charge is 2.37. The third-order valence-electron chi connectivity index (χ3n) is 7.49. The van der Waals surface area contributed by atoms with E-state index in [-0.39, 0.29) is 17.6 Å². The van der Waals surface area contributed by atoms with Crippen LogP contribution in [0.1, 0.15) is 31.3 Å². The summed E-state index contributed by atoms with van der Waals surface area (Å²) in [4.78, 5) is 36.0. The first-order valence-electron chi connectivity index (χ1n) is 12.5. The molecular weight excluding hydrogens is 489 g/mol. The van der Waals surface area contributed by atoms with Crippen molar-refractivity contribution >= 4 is 34.1 Å². The number of thiazole rings is 1. The summed E-state index contributed by atoms with van der Waals surface area (Å²) in [7, 11) is 1.98. The lowest BCUT2D eigenvalue weighted by Crippen LogP contribution is -2.64. The number of aryl methyl sites for hydroxylation is 1. The van der Waals surface area contributed by atoms with Crippen LogP contribution in [0.15, 0.2) is 60.2 Å². The quantitative estimate of drug-likeness (QED) is 0.406. The summed E-state index contributed by atoms with van der Waals surface area (Å²) < 4.78 is 15.7. The number of piperazine rings is 1. The Morgan fingerprint density at radius 2 is 1.84 bits per heavy atom. The van der Waals surface area contributed by atoms with Crippen LogP contribution in [0, 0.1) is 5.82 Å². The Balaban J connectivity index is 1.07. The summed E-state index contributed by atoms with van der Waals surface area (Å²) in [5.74, 6) is -0.177. The normalized spacial score (nSPS) is 16.8. The minimum atomic E-state index is -0.232. The number of amides is 2. The first kappa shape index (κ1) is 23.8. The minimum absolute atomic E-state index is 0.00946. The molecule has 2 saturated heterocycles. The van der Waals surface area contributed by atoms with Crippen molar-refractivity contribution in [1.29, 1.82) is 0 Å². The van der Waals surface area contributed by atoms with Crippen molar-refractivity contribution in [3.05, 3.63) is 87.8 Å². The zero-order chi connectivity index (χ0) is 25.5. The molecular formula is C28H28FN5O2S. The van der Waals surface area contributed by atoms with E-state index in [4.69, 9.17) is 0 Å². The van der Waals surface area contributed by atoms with Crippen LogP contribution in [0.4, 0.5) is 4.39 Å². The summed E-state index contributed by atoms with van der Waals surface area (Å²) in [6.07, 6.45) is 4.36. The maximum atomic E-state index is 13.6. The molecule has 7 nitrogen and oxygen atoms in total. The molecule has 0 N–H and O–H groups in total. The fourth-order valence-corrected chi connectivity index (χ4v) is 6.00. The van der Waals surface area contributed by atoms with Gasteiger partial charge in [-0.2, -0.15) is 0 Å². The second-order valence-corrected chi connectivity index (χ2v) is 10.7. The third kappa shape index (κ3) is 4.65. The molecule has 37 heavy (non-hydrogen) atoms. The molecule has 6 rings (SSSR count). The number of hydrogen-bond acceptors (Lipinski definition) is 5. The van der Waals surface area contributed by atoms with Crippen molar-refractivity contribution in [2.75, 3.05) is 39.3 Å². The second kappa shape index (κ2) is 9.72. The van der Waals surface area contributed by atoms with E-state index in [0.29, 0.717) is 49.2 Å². The molecule has 0 unspecified atom stereocenters. The molecule has 0 saturated carbocycles. The first-order valence-corrected chi connectivity index (χ1v) is 13.4. The predicted molar refractivity (Wildman–Crippen MR) is 141 cm³/mol. The number of aromatic nitrogens is 2. The van der Waals surface area contributed by atoms with E-state index < -0.39 is 0 Å². The number of rotatable bonds is 5. The molecule has 0 aliphatic carbocycles. The largest absolute Gasteiger partial charge is 0.350 e. The highest BCUT2D eigenvalue weighted by Crippen LogP contribution is 2.27. The number of benzene rings is 2. The maximum Gasteiger partial charge on any atom is 0.282 e. The summed E-state index contributed by atoms with van der Waals surface area (Å²) in [6.45, 7) is 4.40. The Hall–Kier alpha value is -3.56. The Morgan fingerprint density at radius 1 is 1.03 bits per heavy atom. The average molecular weight is 518 g/mol. The third-order valence-corrected chi connectivity index (χ3v) is 8.25. The number of carbonyl (C=O) groups is 2. The van der Waals surface area contributed by atoms with E-state index in [0.717, 1.165) is 35.1 Å². The molecule has 4 heterocycles. The minimum Gasteiger partial charge on any atom is -0.350 e. The van der Waals surface area contributed by atoms with Crippen LogP contribution in [-0.4, -0.2) is 81.4 Å².